The van der Waals surface area contributed by atoms with E-state index < -0.39 is 4.92 Å². The van der Waals surface area contributed by atoms with Gasteiger partial charge >= 0.3 is 5.69 Å². The van der Waals surface area contributed by atoms with Crippen LogP contribution in [0.5, 0.6) is 0 Å². The zero-order chi connectivity index (χ0) is 13.8. The summed E-state index contributed by atoms with van der Waals surface area (Å²) >= 11 is 0. The van der Waals surface area contributed by atoms with Crippen molar-refractivity contribution < 1.29 is 14.8 Å². The van der Waals surface area contributed by atoms with Crippen LogP contribution in [0.3, 0.4) is 0 Å². The van der Waals surface area contributed by atoms with Crippen LogP contribution >= 0.6 is 0 Å². The highest BCUT2D eigenvalue weighted by molar-refractivity contribution is 5.76. The monoisotopic (exact) mass is 268 g/mol. The zero-order valence-electron chi connectivity index (χ0n) is 10.4. The van der Waals surface area contributed by atoms with Crippen LogP contribution in [0.15, 0.2) is 12.4 Å². The zero-order valence-corrected chi connectivity index (χ0v) is 10.4. The Morgan fingerprint density at radius 1 is 1.53 bits per heavy atom. The molecule has 1 saturated carbocycles. The fourth-order valence-corrected chi connectivity index (χ4v) is 2.17. The van der Waals surface area contributed by atoms with Crippen molar-refractivity contribution in [1.82, 2.24) is 15.1 Å². The predicted molar refractivity (Wildman–Crippen MR) is 65.3 cm³/mol. The SMILES string of the molecule is O=C(Cn1cc([N+](=O)[O-])cn1)NC1CCC(O)CC1. The average molecular weight is 268 g/mol. The smallest absolute Gasteiger partial charge is 0.307 e. The van der Waals surface area contributed by atoms with Crippen LogP contribution in [0.1, 0.15) is 25.7 Å². The number of carbonyl (C=O) groups excluding carboxylic acids is 1. The number of nitrogens with one attached hydrogen (secondary N) is 1. The number of rotatable bonds is 4. The number of nitro groups is 1. The van der Waals surface area contributed by atoms with Gasteiger partial charge in [-0.05, 0) is 25.7 Å². The van der Waals surface area contributed by atoms with Crippen molar-refractivity contribution in [2.75, 3.05) is 0 Å². The van der Waals surface area contributed by atoms with Crippen LogP contribution in [0, 0.1) is 10.1 Å². The molecule has 0 atom stereocenters. The Bertz CT molecular complexity index is 465. The van der Waals surface area contributed by atoms with E-state index >= 15 is 0 Å². The van der Waals surface area contributed by atoms with Gasteiger partial charge in [-0.2, -0.15) is 5.10 Å². The fraction of sp³-hybridized carbons (Fsp3) is 0.636. The molecule has 8 nitrogen and oxygen atoms in total. The molecule has 104 valence electrons. The van der Waals surface area contributed by atoms with Gasteiger partial charge in [-0.1, -0.05) is 0 Å². The highest BCUT2D eigenvalue weighted by atomic mass is 16.6. The van der Waals surface area contributed by atoms with Gasteiger partial charge in [0, 0.05) is 6.04 Å². The summed E-state index contributed by atoms with van der Waals surface area (Å²) in [6.45, 7) is -0.0348. The maximum absolute atomic E-state index is 11.7. The molecule has 0 aliphatic heterocycles. The van der Waals surface area contributed by atoms with Gasteiger partial charge in [0.2, 0.25) is 5.91 Å². The highest BCUT2D eigenvalue weighted by Crippen LogP contribution is 2.18. The number of hydrogen-bond donors (Lipinski definition) is 2. The van der Waals surface area contributed by atoms with E-state index in [2.05, 4.69) is 10.4 Å². The third-order valence-corrected chi connectivity index (χ3v) is 3.20. The first-order chi connectivity index (χ1) is 9.04. The lowest BCUT2D eigenvalue weighted by Crippen LogP contribution is -2.40. The largest absolute Gasteiger partial charge is 0.393 e. The Balaban J connectivity index is 1.82. The van der Waals surface area contributed by atoms with Gasteiger partial charge < -0.3 is 10.4 Å². The quantitative estimate of drug-likeness (QED) is 0.599. The number of aliphatic hydroxyl groups is 1. The van der Waals surface area contributed by atoms with Gasteiger partial charge in [0.05, 0.1) is 11.0 Å². The van der Waals surface area contributed by atoms with Crippen molar-refractivity contribution in [2.24, 2.45) is 0 Å². The molecule has 8 heteroatoms. The van der Waals surface area contributed by atoms with Crippen LogP contribution in [0.25, 0.3) is 0 Å². The summed E-state index contributed by atoms with van der Waals surface area (Å²) < 4.78 is 1.24. The minimum atomic E-state index is -0.552. The van der Waals surface area contributed by atoms with Crippen molar-refractivity contribution >= 4 is 11.6 Å². The minimum absolute atomic E-state index is 0.0348. The third-order valence-electron chi connectivity index (χ3n) is 3.20. The predicted octanol–water partition coefficient (Wildman–Crippen LogP) is 0.211. The van der Waals surface area contributed by atoms with Gasteiger partial charge in [-0.3, -0.25) is 19.6 Å². The van der Waals surface area contributed by atoms with E-state index in [1.54, 1.807) is 0 Å². The standard InChI is InChI=1S/C11H16N4O4/c16-10-3-1-8(2-4-10)13-11(17)7-14-6-9(5-12-14)15(18)19/h5-6,8,10,16H,1-4,7H2,(H,13,17). The van der Waals surface area contributed by atoms with E-state index in [1.807, 2.05) is 0 Å². The molecular formula is C11H16N4O4. The lowest BCUT2D eigenvalue weighted by molar-refractivity contribution is -0.385. The Morgan fingerprint density at radius 2 is 2.21 bits per heavy atom. The van der Waals surface area contributed by atoms with Gasteiger partial charge in [0.1, 0.15) is 18.9 Å². The molecule has 1 amide bonds. The molecule has 0 aromatic carbocycles. The number of aromatic nitrogens is 2. The molecule has 0 radical (unpaired) electrons. The molecule has 19 heavy (non-hydrogen) atoms. The normalized spacial score (nSPS) is 23.0. The first kappa shape index (κ1) is 13.5. The molecule has 0 bridgehead atoms. The topological polar surface area (TPSA) is 110 Å². The number of nitrogens with zero attached hydrogens (tertiary/aromatic N) is 3. The summed E-state index contributed by atoms with van der Waals surface area (Å²) in [7, 11) is 0. The minimum Gasteiger partial charge on any atom is -0.393 e. The second kappa shape index (κ2) is 5.79. The van der Waals surface area contributed by atoms with E-state index in [0.717, 1.165) is 19.0 Å². The second-order valence-electron chi connectivity index (χ2n) is 4.73. The fourth-order valence-electron chi connectivity index (χ4n) is 2.17. The maximum Gasteiger partial charge on any atom is 0.307 e. The van der Waals surface area contributed by atoms with Gasteiger partial charge in [-0.15, -0.1) is 0 Å². The molecule has 1 aliphatic carbocycles. The molecule has 1 fully saturated rings. The van der Waals surface area contributed by atoms with E-state index in [4.69, 9.17) is 0 Å². The van der Waals surface area contributed by atoms with E-state index in [0.29, 0.717) is 12.8 Å². The molecule has 1 heterocycles. The molecule has 1 aromatic rings. The van der Waals surface area contributed by atoms with Gasteiger partial charge in [0.25, 0.3) is 0 Å². The number of carbonyl (C=O) groups is 1. The van der Waals surface area contributed by atoms with Gasteiger partial charge in [0.15, 0.2) is 0 Å². The van der Waals surface area contributed by atoms with Gasteiger partial charge in [-0.25, -0.2) is 0 Å². The molecule has 0 unspecified atom stereocenters. The summed E-state index contributed by atoms with van der Waals surface area (Å²) in [5, 5.41) is 26.4. The second-order valence-corrected chi connectivity index (χ2v) is 4.73. The Kier molecular flexibility index (Phi) is 4.10. The first-order valence-corrected chi connectivity index (χ1v) is 6.19. The molecule has 1 aromatic heterocycles. The number of aliphatic hydroxyl groups excluding tert-OH is 1. The van der Waals surface area contributed by atoms with Crippen molar-refractivity contribution in [1.29, 1.82) is 0 Å². The summed E-state index contributed by atoms with van der Waals surface area (Å²) in [4.78, 5) is 21.7. The molecule has 0 spiro atoms. The van der Waals surface area contributed by atoms with E-state index in [9.17, 15) is 20.0 Å². The molecule has 2 rings (SSSR count). The Labute approximate surface area is 109 Å². The molecular weight excluding hydrogens is 252 g/mol. The Hall–Kier alpha value is -1.96. The average Bonchev–Trinajstić information content (AvgIpc) is 2.80. The van der Waals surface area contributed by atoms with Crippen molar-refractivity contribution in [3.8, 4) is 0 Å². The van der Waals surface area contributed by atoms with Crippen LogP contribution in [-0.4, -0.2) is 37.9 Å². The lowest BCUT2D eigenvalue weighted by atomic mass is 9.93. The van der Waals surface area contributed by atoms with Crippen LogP contribution in [0.2, 0.25) is 0 Å². The van der Waals surface area contributed by atoms with Crippen molar-refractivity contribution in [3.63, 3.8) is 0 Å². The van der Waals surface area contributed by atoms with Crippen LogP contribution in [-0.2, 0) is 11.3 Å². The maximum atomic E-state index is 11.7. The first-order valence-electron chi connectivity index (χ1n) is 6.19. The highest BCUT2D eigenvalue weighted by Gasteiger charge is 2.21. The summed E-state index contributed by atoms with van der Waals surface area (Å²) in [6, 6.07) is 0.0708. The van der Waals surface area contributed by atoms with E-state index in [1.165, 1.54) is 10.9 Å². The number of amides is 1. The van der Waals surface area contributed by atoms with Crippen molar-refractivity contribution in [3.05, 3.63) is 22.5 Å². The summed E-state index contributed by atoms with van der Waals surface area (Å²) in [5.74, 6) is -0.223. The van der Waals surface area contributed by atoms with Crippen LogP contribution in [0.4, 0.5) is 5.69 Å². The van der Waals surface area contributed by atoms with Crippen LogP contribution < -0.4 is 5.32 Å². The molecule has 1 aliphatic rings. The third kappa shape index (κ3) is 3.75. The molecule has 0 saturated heterocycles. The van der Waals surface area contributed by atoms with E-state index in [-0.39, 0.29) is 30.3 Å². The number of hydrogen-bond acceptors (Lipinski definition) is 5. The molecule has 2 N–H and O–H groups in total. The summed E-state index contributed by atoms with van der Waals surface area (Å²) in [5.41, 5.74) is -0.131. The Morgan fingerprint density at radius 3 is 2.79 bits per heavy atom. The lowest BCUT2D eigenvalue weighted by Gasteiger charge is -2.26. The summed E-state index contributed by atoms with van der Waals surface area (Å²) in [6.07, 6.45) is 4.98. The van der Waals surface area contributed by atoms with Crippen molar-refractivity contribution in [2.45, 2.75) is 44.4 Å².